The Morgan fingerprint density at radius 3 is 2.86 bits per heavy atom. The van der Waals surface area contributed by atoms with Crippen molar-refractivity contribution in [3.63, 3.8) is 0 Å². The molecule has 4 aromatic rings. The molecule has 0 bridgehead atoms. The Labute approximate surface area is 217 Å². The fourth-order valence-corrected chi connectivity index (χ4v) is 6.03. The number of aromatic nitrogens is 5. The Morgan fingerprint density at radius 2 is 2.03 bits per heavy atom. The number of benzene rings is 1. The molecule has 3 aromatic heterocycles. The molecule has 9 heteroatoms. The van der Waals surface area contributed by atoms with Gasteiger partial charge in [-0.15, -0.1) is 0 Å². The van der Waals surface area contributed by atoms with Crippen molar-refractivity contribution in [2.24, 2.45) is 11.8 Å². The summed E-state index contributed by atoms with van der Waals surface area (Å²) in [6.45, 7) is 3.16. The summed E-state index contributed by atoms with van der Waals surface area (Å²) >= 11 is 3.56. The van der Waals surface area contributed by atoms with E-state index in [9.17, 15) is 9.90 Å². The molecule has 1 aliphatic heterocycles. The number of likely N-dealkylation sites (tertiary alicyclic amines) is 1. The molecule has 1 aliphatic carbocycles. The van der Waals surface area contributed by atoms with Crippen LogP contribution in [0.1, 0.15) is 44.9 Å². The molecule has 36 heavy (non-hydrogen) atoms. The van der Waals surface area contributed by atoms with Crippen molar-refractivity contribution < 1.29 is 9.90 Å². The number of nitrogens with zero attached hydrogens (tertiary/aromatic N) is 6. The Morgan fingerprint density at radius 1 is 1.19 bits per heavy atom. The maximum atomic E-state index is 13.1. The third-order valence-corrected chi connectivity index (χ3v) is 8.36. The molecule has 0 radical (unpaired) electrons. The maximum Gasteiger partial charge on any atom is 0.225 e. The molecule has 0 spiro atoms. The lowest BCUT2D eigenvalue weighted by atomic mass is 9.92. The Bertz CT molecular complexity index is 1440. The third kappa shape index (κ3) is 4.50. The molecule has 0 unspecified atom stereocenters. The Kier molecular flexibility index (Phi) is 6.00. The second kappa shape index (κ2) is 9.19. The molecule has 8 nitrogen and oxygen atoms in total. The highest BCUT2D eigenvalue weighted by atomic mass is 79.9. The van der Waals surface area contributed by atoms with Crippen molar-refractivity contribution in [2.75, 3.05) is 13.1 Å². The number of hydrogen-bond donors (Lipinski definition) is 1. The van der Waals surface area contributed by atoms with E-state index in [0.29, 0.717) is 36.5 Å². The second-order valence-electron chi connectivity index (χ2n) is 10.5. The number of pyridine rings is 1. The molecule has 2 aliphatic rings. The van der Waals surface area contributed by atoms with Crippen LogP contribution in [0.5, 0.6) is 0 Å². The number of carbonyl (C=O) groups excluding carboxylic acids is 1. The Balaban J connectivity index is 1.19. The maximum absolute atomic E-state index is 13.1. The minimum Gasteiger partial charge on any atom is -0.390 e. The average molecular weight is 549 g/mol. The van der Waals surface area contributed by atoms with E-state index in [1.165, 1.54) is 0 Å². The predicted molar refractivity (Wildman–Crippen MR) is 141 cm³/mol. The van der Waals surface area contributed by atoms with E-state index in [2.05, 4.69) is 37.1 Å². The van der Waals surface area contributed by atoms with Gasteiger partial charge in [-0.1, -0.05) is 6.07 Å². The fraction of sp³-hybridized carbons (Fsp3) is 0.444. The SMILES string of the molecule is CC1(O)CCN(C(=O)[C@@H]2CC[C@@H](Cc3ncc4c(Br)nn(-c5ccc6ncccc6c5)c4n3)C2)CC1. The molecular weight excluding hydrogens is 520 g/mol. The van der Waals surface area contributed by atoms with Gasteiger partial charge in [0, 0.05) is 43.2 Å². The first-order chi connectivity index (χ1) is 17.4. The minimum absolute atomic E-state index is 0.0626. The molecule has 1 saturated heterocycles. The quantitative estimate of drug-likeness (QED) is 0.404. The van der Waals surface area contributed by atoms with E-state index in [0.717, 1.165) is 59.1 Å². The molecule has 1 aromatic carbocycles. The molecule has 1 amide bonds. The van der Waals surface area contributed by atoms with E-state index in [-0.39, 0.29) is 11.8 Å². The molecule has 1 saturated carbocycles. The summed E-state index contributed by atoms with van der Waals surface area (Å²) in [6.07, 6.45) is 8.47. The van der Waals surface area contributed by atoms with Crippen LogP contribution >= 0.6 is 15.9 Å². The summed E-state index contributed by atoms with van der Waals surface area (Å²) in [4.78, 5) is 29.0. The van der Waals surface area contributed by atoms with Gasteiger partial charge in [0.05, 0.1) is 22.2 Å². The van der Waals surface area contributed by atoms with Gasteiger partial charge >= 0.3 is 0 Å². The van der Waals surface area contributed by atoms with Gasteiger partial charge in [0.2, 0.25) is 5.91 Å². The van der Waals surface area contributed by atoms with Crippen molar-refractivity contribution in [2.45, 2.75) is 51.0 Å². The number of amides is 1. The van der Waals surface area contributed by atoms with Crippen LogP contribution in [0.15, 0.2) is 47.3 Å². The largest absolute Gasteiger partial charge is 0.390 e. The van der Waals surface area contributed by atoms with Gasteiger partial charge in [0.15, 0.2) is 5.65 Å². The van der Waals surface area contributed by atoms with Crippen LogP contribution < -0.4 is 0 Å². The average Bonchev–Trinajstić information content (AvgIpc) is 3.47. The zero-order valence-corrected chi connectivity index (χ0v) is 21.9. The number of piperidine rings is 1. The van der Waals surface area contributed by atoms with Crippen molar-refractivity contribution >= 4 is 43.8 Å². The van der Waals surface area contributed by atoms with Gasteiger partial charge in [0.25, 0.3) is 0 Å². The van der Waals surface area contributed by atoms with Crippen molar-refractivity contribution in [3.05, 3.63) is 53.2 Å². The molecule has 2 atom stereocenters. The normalized spacial score (nSPS) is 21.9. The lowest BCUT2D eigenvalue weighted by Gasteiger charge is -2.37. The summed E-state index contributed by atoms with van der Waals surface area (Å²) < 4.78 is 2.56. The number of fused-ring (bicyclic) bond motifs is 2. The fourth-order valence-electron chi connectivity index (χ4n) is 5.59. The van der Waals surface area contributed by atoms with E-state index in [1.54, 1.807) is 6.20 Å². The zero-order chi connectivity index (χ0) is 24.9. The summed E-state index contributed by atoms with van der Waals surface area (Å²) in [5.41, 5.74) is 1.98. The number of rotatable bonds is 4. The van der Waals surface area contributed by atoms with E-state index < -0.39 is 5.60 Å². The summed E-state index contributed by atoms with van der Waals surface area (Å²) in [6, 6.07) is 10.0. The zero-order valence-electron chi connectivity index (χ0n) is 20.3. The van der Waals surface area contributed by atoms with Gasteiger partial charge < -0.3 is 10.0 Å². The van der Waals surface area contributed by atoms with Crippen molar-refractivity contribution in [3.8, 4) is 5.69 Å². The van der Waals surface area contributed by atoms with Crippen LogP contribution in [-0.2, 0) is 11.2 Å². The van der Waals surface area contributed by atoms with Gasteiger partial charge in [-0.25, -0.2) is 14.6 Å². The molecule has 1 N–H and O–H groups in total. The van der Waals surface area contributed by atoms with E-state index in [4.69, 9.17) is 4.98 Å². The number of aliphatic hydroxyl groups is 1. The van der Waals surface area contributed by atoms with Crippen LogP contribution in [0.2, 0.25) is 0 Å². The first kappa shape index (κ1) is 23.5. The van der Waals surface area contributed by atoms with Gasteiger partial charge in [0.1, 0.15) is 10.4 Å². The number of hydrogen-bond acceptors (Lipinski definition) is 6. The van der Waals surface area contributed by atoms with Crippen LogP contribution in [0.25, 0.3) is 27.6 Å². The first-order valence-electron chi connectivity index (χ1n) is 12.6. The number of halogens is 1. The standard InChI is InChI=1S/C27H29BrN6O2/c1-27(36)8-11-33(12-9-27)26(35)19-5-4-17(13-19)14-23-30-16-21-24(28)32-34(25(21)31-23)20-6-7-22-18(15-20)3-2-10-29-22/h2-3,6-7,10,15-17,19,36H,4-5,8-9,11-14H2,1H3/t17-,19-/m1/s1. The highest BCUT2D eigenvalue weighted by Crippen LogP contribution is 2.35. The summed E-state index contributed by atoms with van der Waals surface area (Å²) in [5, 5.41) is 16.8. The smallest absolute Gasteiger partial charge is 0.225 e. The minimum atomic E-state index is -0.643. The highest BCUT2D eigenvalue weighted by Gasteiger charge is 2.36. The lowest BCUT2D eigenvalue weighted by molar-refractivity contribution is -0.139. The lowest BCUT2D eigenvalue weighted by Crippen LogP contribution is -2.46. The van der Waals surface area contributed by atoms with Crippen LogP contribution in [0, 0.1) is 11.8 Å². The van der Waals surface area contributed by atoms with Crippen LogP contribution in [0.4, 0.5) is 0 Å². The molecule has 2 fully saturated rings. The van der Waals surface area contributed by atoms with Gasteiger partial charge in [-0.2, -0.15) is 5.10 Å². The summed E-state index contributed by atoms with van der Waals surface area (Å²) in [7, 11) is 0. The number of carbonyl (C=O) groups is 1. The topological polar surface area (TPSA) is 97.0 Å². The van der Waals surface area contributed by atoms with Gasteiger partial charge in [-0.3, -0.25) is 9.78 Å². The molecular formula is C27H29BrN6O2. The first-order valence-corrected chi connectivity index (χ1v) is 13.4. The molecule has 186 valence electrons. The van der Waals surface area contributed by atoms with Crippen LogP contribution in [0.3, 0.4) is 0 Å². The van der Waals surface area contributed by atoms with Crippen molar-refractivity contribution in [1.29, 1.82) is 0 Å². The summed E-state index contributed by atoms with van der Waals surface area (Å²) in [5.74, 6) is 1.48. The van der Waals surface area contributed by atoms with E-state index >= 15 is 0 Å². The molecule has 4 heterocycles. The predicted octanol–water partition coefficient (Wildman–Crippen LogP) is 4.46. The van der Waals surface area contributed by atoms with Gasteiger partial charge in [-0.05, 0) is 85.1 Å². The molecule has 6 rings (SSSR count). The van der Waals surface area contributed by atoms with Crippen LogP contribution in [-0.4, -0.2) is 59.3 Å². The second-order valence-corrected chi connectivity index (χ2v) is 11.3. The third-order valence-electron chi connectivity index (χ3n) is 7.77. The highest BCUT2D eigenvalue weighted by molar-refractivity contribution is 9.10. The van der Waals surface area contributed by atoms with Crippen molar-refractivity contribution in [1.82, 2.24) is 29.6 Å². The Hall–Kier alpha value is -2.91. The monoisotopic (exact) mass is 548 g/mol. The van der Waals surface area contributed by atoms with E-state index in [1.807, 2.05) is 47.0 Å².